The molecule has 3 N–H and O–H groups in total. The van der Waals surface area contributed by atoms with Crippen LogP contribution in [0.25, 0.3) is 10.4 Å². The van der Waals surface area contributed by atoms with Gasteiger partial charge in [0.25, 0.3) is 0 Å². The molecule has 0 aliphatic heterocycles. The SMILES string of the molecule is NCc1cccc(-c2cc(C(=O)O)ns2)c1. The zero-order valence-corrected chi connectivity index (χ0v) is 9.20. The molecular weight excluding hydrogens is 224 g/mol. The van der Waals surface area contributed by atoms with Crippen molar-refractivity contribution in [3.8, 4) is 10.4 Å². The Balaban J connectivity index is 2.38. The largest absolute Gasteiger partial charge is 0.476 e. The van der Waals surface area contributed by atoms with E-state index in [0.717, 1.165) is 16.0 Å². The number of hydrogen-bond donors (Lipinski definition) is 2. The number of carbonyl (C=O) groups is 1. The minimum Gasteiger partial charge on any atom is -0.476 e. The van der Waals surface area contributed by atoms with Crippen LogP contribution in [-0.4, -0.2) is 15.4 Å². The third-order valence-corrected chi connectivity index (χ3v) is 3.01. The van der Waals surface area contributed by atoms with Crippen LogP contribution in [0.5, 0.6) is 0 Å². The van der Waals surface area contributed by atoms with E-state index in [4.69, 9.17) is 10.8 Å². The Labute approximate surface area is 96.5 Å². The van der Waals surface area contributed by atoms with Gasteiger partial charge in [0, 0.05) is 6.54 Å². The van der Waals surface area contributed by atoms with Crippen molar-refractivity contribution in [3.05, 3.63) is 41.6 Å². The molecule has 16 heavy (non-hydrogen) atoms. The maximum Gasteiger partial charge on any atom is 0.355 e. The molecule has 1 aromatic heterocycles. The highest BCUT2D eigenvalue weighted by Gasteiger charge is 2.09. The van der Waals surface area contributed by atoms with Gasteiger partial charge >= 0.3 is 5.97 Å². The average Bonchev–Trinajstić information content (AvgIpc) is 2.78. The highest BCUT2D eigenvalue weighted by Crippen LogP contribution is 2.25. The van der Waals surface area contributed by atoms with E-state index in [2.05, 4.69) is 4.37 Å². The van der Waals surface area contributed by atoms with Crippen LogP contribution in [0.3, 0.4) is 0 Å². The van der Waals surface area contributed by atoms with E-state index in [1.165, 1.54) is 11.5 Å². The van der Waals surface area contributed by atoms with Gasteiger partial charge in [-0.15, -0.1) is 0 Å². The molecule has 2 aromatic rings. The van der Waals surface area contributed by atoms with Crippen LogP contribution < -0.4 is 5.73 Å². The molecule has 0 unspecified atom stereocenters. The Bertz CT molecular complexity index is 522. The molecule has 1 heterocycles. The van der Waals surface area contributed by atoms with Gasteiger partial charge in [-0.2, -0.15) is 4.37 Å². The Morgan fingerprint density at radius 2 is 2.25 bits per heavy atom. The second kappa shape index (κ2) is 4.42. The molecule has 0 atom stereocenters. The normalized spacial score (nSPS) is 10.3. The molecule has 5 heteroatoms. The number of nitrogens with zero attached hydrogens (tertiary/aromatic N) is 1. The molecule has 2 rings (SSSR count). The number of nitrogens with two attached hydrogens (primary N) is 1. The maximum absolute atomic E-state index is 10.7. The standard InChI is InChI=1S/C11H10N2O2S/c12-6-7-2-1-3-8(4-7)10-5-9(11(14)15)13-16-10/h1-5H,6,12H2,(H,14,15). The summed E-state index contributed by atoms with van der Waals surface area (Å²) in [5.41, 5.74) is 7.59. The van der Waals surface area contributed by atoms with Gasteiger partial charge in [-0.3, -0.25) is 0 Å². The van der Waals surface area contributed by atoms with Crippen molar-refractivity contribution in [1.82, 2.24) is 4.37 Å². The van der Waals surface area contributed by atoms with E-state index in [1.807, 2.05) is 24.3 Å². The first kappa shape index (κ1) is 10.8. The van der Waals surface area contributed by atoms with Crippen LogP contribution in [0.4, 0.5) is 0 Å². The number of rotatable bonds is 3. The van der Waals surface area contributed by atoms with Gasteiger partial charge in [0.15, 0.2) is 5.69 Å². The van der Waals surface area contributed by atoms with Crippen LogP contribution >= 0.6 is 11.5 Å². The lowest BCUT2D eigenvalue weighted by Gasteiger charge is -1.99. The molecule has 0 amide bonds. The summed E-state index contributed by atoms with van der Waals surface area (Å²) < 4.78 is 3.86. The van der Waals surface area contributed by atoms with Gasteiger partial charge < -0.3 is 10.8 Å². The van der Waals surface area contributed by atoms with Crippen molar-refractivity contribution < 1.29 is 9.90 Å². The number of hydrogen-bond acceptors (Lipinski definition) is 4. The topological polar surface area (TPSA) is 76.2 Å². The van der Waals surface area contributed by atoms with Crippen LogP contribution in [-0.2, 0) is 6.54 Å². The van der Waals surface area contributed by atoms with Crippen molar-refractivity contribution in [1.29, 1.82) is 0 Å². The lowest BCUT2D eigenvalue weighted by atomic mass is 10.1. The van der Waals surface area contributed by atoms with Crippen LogP contribution in [0.2, 0.25) is 0 Å². The number of carboxylic acid groups (broad SMARTS) is 1. The molecule has 0 fully saturated rings. The van der Waals surface area contributed by atoms with Crippen LogP contribution in [0, 0.1) is 0 Å². The molecule has 0 saturated heterocycles. The minimum atomic E-state index is -1.00. The predicted molar refractivity (Wildman–Crippen MR) is 62.4 cm³/mol. The molecule has 82 valence electrons. The molecule has 0 aliphatic rings. The van der Waals surface area contributed by atoms with Crippen LogP contribution in [0.1, 0.15) is 16.1 Å². The number of benzene rings is 1. The highest BCUT2D eigenvalue weighted by atomic mass is 32.1. The molecular formula is C11H10N2O2S. The summed E-state index contributed by atoms with van der Waals surface area (Å²) in [5.74, 6) is -1.00. The molecule has 0 aliphatic carbocycles. The molecule has 0 spiro atoms. The lowest BCUT2D eigenvalue weighted by Crippen LogP contribution is -1.95. The third-order valence-electron chi connectivity index (χ3n) is 2.18. The third kappa shape index (κ3) is 2.10. The second-order valence-electron chi connectivity index (χ2n) is 3.29. The summed E-state index contributed by atoms with van der Waals surface area (Å²) in [6, 6.07) is 9.26. The van der Waals surface area contributed by atoms with E-state index in [9.17, 15) is 4.79 Å². The monoisotopic (exact) mass is 234 g/mol. The predicted octanol–water partition coefficient (Wildman–Crippen LogP) is 1.97. The zero-order valence-electron chi connectivity index (χ0n) is 8.38. The average molecular weight is 234 g/mol. The van der Waals surface area contributed by atoms with Gasteiger partial charge in [0.05, 0.1) is 4.88 Å². The summed E-state index contributed by atoms with van der Waals surface area (Å²) in [7, 11) is 0. The first-order valence-corrected chi connectivity index (χ1v) is 5.47. The summed E-state index contributed by atoms with van der Waals surface area (Å²) in [4.78, 5) is 11.5. The highest BCUT2D eigenvalue weighted by molar-refractivity contribution is 7.09. The number of aromatic nitrogens is 1. The Hall–Kier alpha value is -1.72. The van der Waals surface area contributed by atoms with Crippen LogP contribution in [0.15, 0.2) is 30.3 Å². The van der Waals surface area contributed by atoms with E-state index >= 15 is 0 Å². The Morgan fingerprint density at radius 3 is 2.88 bits per heavy atom. The fourth-order valence-electron chi connectivity index (χ4n) is 1.36. The first-order valence-electron chi connectivity index (χ1n) is 4.70. The summed E-state index contributed by atoms with van der Waals surface area (Å²) in [6.07, 6.45) is 0. The molecule has 0 bridgehead atoms. The molecule has 0 radical (unpaired) electrons. The van der Waals surface area contributed by atoms with E-state index in [0.29, 0.717) is 6.54 Å². The fourth-order valence-corrected chi connectivity index (χ4v) is 2.09. The minimum absolute atomic E-state index is 0.0816. The summed E-state index contributed by atoms with van der Waals surface area (Å²) in [5, 5.41) is 8.77. The van der Waals surface area contributed by atoms with Gasteiger partial charge in [-0.05, 0) is 34.8 Å². The number of aromatic carboxylic acids is 1. The van der Waals surface area contributed by atoms with Gasteiger partial charge in [0.2, 0.25) is 0 Å². The van der Waals surface area contributed by atoms with Crippen molar-refractivity contribution >= 4 is 17.5 Å². The maximum atomic E-state index is 10.7. The zero-order chi connectivity index (χ0) is 11.5. The van der Waals surface area contributed by atoms with Gasteiger partial charge in [-0.1, -0.05) is 18.2 Å². The van der Waals surface area contributed by atoms with E-state index in [-0.39, 0.29) is 5.69 Å². The van der Waals surface area contributed by atoms with Crippen molar-refractivity contribution in [2.45, 2.75) is 6.54 Å². The van der Waals surface area contributed by atoms with Crippen molar-refractivity contribution in [3.63, 3.8) is 0 Å². The van der Waals surface area contributed by atoms with Gasteiger partial charge in [0.1, 0.15) is 0 Å². The van der Waals surface area contributed by atoms with E-state index < -0.39 is 5.97 Å². The van der Waals surface area contributed by atoms with Crippen molar-refractivity contribution in [2.75, 3.05) is 0 Å². The quantitative estimate of drug-likeness (QED) is 0.851. The number of carboxylic acids is 1. The Kier molecular flexibility index (Phi) is 2.98. The summed E-state index contributed by atoms with van der Waals surface area (Å²) >= 11 is 1.18. The lowest BCUT2D eigenvalue weighted by molar-refractivity contribution is 0.0692. The molecule has 1 aromatic carbocycles. The second-order valence-corrected chi connectivity index (χ2v) is 4.09. The summed E-state index contributed by atoms with van der Waals surface area (Å²) in [6.45, 7) is 0.471. The molecule has 0 saturated carbocycles. The first-order chi connectivity index (χ1) is 7.70. The Morgan fingerprint density at radius 1 is 1.44 bits per heavy atom. The van der Waals surface area contributed by atoms with Gasteiger partial charge in [-0.25, -0.2) is 4.79 Å². The smallest absolute Gasteiger partial charge is 0.355 e. The van der Waals surface area contributed by atoms with E-state index in [1.54, 1.807) is 6.07 Å². The van der Waals surface area contributed by atoms with Crippen molar-refractivity contribution in [2.24, 2.45) is 5.73 Å². The fraction of sp³-hybridized carbons (Fsp3) is 0.0909. The molecule has 4 nitrogen and oxygen atoms in total.